The highest BCUT2D eigenvalue weighted by atomic mass is 16.7. The number of hydrogen-bond donors (Lipinski definition) is 2. The Morgan fingerprint density at radius 1 is 1.22 bits per heavy atom. The largest absolute Gasteiger partial charge is 0.457 e. The van der Waals surface area contributed by atoms with E-state index in [-0.39, 0.29) is 36.9 Å². The molecule has 0 unspecified atom stereocenters. The summed E-state index contributed by atoms with van der Waals surface area (Å²) in [6, 6.07) is -0.630. The number of cyclic esters (lactones) is 1. The van der Waals surface area contributed by atoms with Crippen LogP contribution in [0.4, 0.5) is 4.79 Å². The highest BCUT2D eigenvalue weighted by Crippen LogP contribution is 2.39. The third kappa shape index (κ3) is 9.58. The Balaban J connectivity index is 2.16. The first-order chi connectivity index (χ1) is 23.4. The molecule has 0 bridgehead atoms. The number of rotatable bonds is 7. The lowest BCUT2D eigenvalue weighted by Crippen LogP contribution is -2.60. The van der Waals surface area contributed by atoms with Gasteiger partial charge in [0.05, 0.1) is 29.8 Å². The maximum Gasteiger partial charge on any atom is 0.420 e. The molecule has 1 aromatic heterocycles. The van der Waals surface area contributed by atoms with Crippen LogP contribution in [0.3, 0.4) is 0 Å². The lowest BCUT2D eigenvalue weighted by molar-refractivity contribution is -0.298. The number of esters is 2. The molecule has 2 aliphatic rings. The van der Waals surface area contributed by atoms with Gasteiger partial charge in [0, 0.05) is 37.2 Å². The number of aliphatic hydroxyl groups is 1. The van der Waals surface area contributed by atoms with Crippen LogP contribution in [0.15, 0.2) is 30.4 Å². The second kappa shape index (κ2) is 17.1. The van der Waals surface area contributed by atoms with Crippen LogP contribution in [0, 0.1) is 30.1 Å². The standard InChI is InChI=1S/C36H53N3O11/c1-11-15-45-36(10)18-21(4)28(41)20(3)17-35(9,50-34(44)39-14-13-38-19-39)27(12-2)48-32(43)24(7)29(42)23(6)31(36)49-33-30(47-25(8)40)26(37)16-22(5)46-33/h1,13-14,17,19,21-24,26-27,29-31,33,42H,12,15-16,18,37H2,2-10H3/b20-17+/t21-,22-,23+,24-,26+,27-,29+,30-,31-,33+,35+,36+/m1/s1. The molecule has 1 aromatic rings. The zero-order chi connectivity index (χ0) is 37.6. The van der Waals surface area contributed by atoms with Crippen LogP contribution in [0.5, 0.6) is 0 Å². The van der Waals surface area contributed by atoms with E-state index in [1.54, 1.807) is 48.5 Å². The topological polar surface area (TPSA) is 188 Å². The van der Waals surface area contributed by atoms with Gasteiger partial charge < -0.3 is 39.3 Å². The molecule has 0 spiro atoms. The molecule has 3 N–H and O–H groups in total. The molecule has 12 atom stereocenters. The van der Waals surface area contributed by atoms with Crippen molar-refractivity contribution in [1.29, 1.82) is 0 Å². The number of nitrogens with zero attached hydrogens (tertiary/aromatic N) is 2. The van der Waals surface area contributed by atoms with Crippen LogP contribution < -0.4 is 5.73 Å². The van der Waals surface area contributed by atoms with Crippen LogP contribution in [0.1, 0.15) is 81.6 Å². The monoisotopic (exact) mass is 703 g/mol. The number of carbonyl (C=O) groups is 4. The summed E-state index contributed by atoms with van der Waals surface area (Å²) in [4.78, 5) is 56.9. The van der Waals surface area contributed by atoms with Crippen molar-refractivity contribution in [1.82, 2.24) is 9.55 Å². The van der Waals surface area contributed by atoms with E-state index in [0.29, 0.717) is 6.42 Å². The van der Waals surface area contributed by atoms with E-state index < -0.39 is 83.7 Å². The number of allylic oxidation sites excluding steroid dienone is 1. The average molecular weight is 704 g/mol. The average Bonchev–Trinajstić information content (AvgIpc) is 3.60. The molecule has 0 aromatic carbocycles. The summed E-state index contributed by atoms with van der Waals surface area (Å²) in [6.07, 6.45) is 4.92. The molecule has 14 heteroatoms. The molecular weight excluding hydrogens is 650 g/mol. The maximum atomic E-state index is 14.1. The number of terminal acetylenes is 1. The first-order valence-corrected chi connectivity index (χ1v) is 17.0. The summed E-state index contributed by atoms with van der Waals surface area (Å²) in [6.45, 7) is 14.4. The van der Waals surface area contributed by atoms with Crippen LogP contribution in [0.2, 0.25) is 0 Å². The first-order valence-electron chi connectivity index (χ1n) is 17.0. The Morgan fingerprint density at radius 2 is 1.90 bits per heavy atom. The number of ether oxygens (including phenoxy) is 6. The SMILES string of the molecule is C#CCO[C@@]1(C)C[C@@H](C)C(=O)/C(C)=C/[C@](C)(OC(=O)n2ccnc2)[C@@H](CC)OC(=O)[C@H](C)[C@@H](O)[C@H](C)[C@H]1O[C@@H]1O[C@H](C)C[C@H](N)[C@H]1OC(C)=O. The quantitative estimate of drug-likeness (QED) is 0.239. The fourth-order valence-corrected chi connectivity index (χ4v) is 6.97. The molecular formula is C36H53N3O11. The van der Waals surface area contributed by atoms with E-state index in [2.05, 4.69) is 10.9 Å². The van der Waals surface area contributed by atoms with Crippen molar-refractivity contribution in [3.63, 3.8) is 0 Å². The van der Waals surface area contributed by atoms with Gasteiger partial charge in [-0.05, 0) is 65.5 Å². The zero-order valence-corrected chi connectivity index (χ0v) is 30.5. The number of Topliss-reactive ketones (excluding diaryl/α,β-unsaturated/α-hetero) is 1. The number of aliphatic hydroxyl groups excluding tert-OH is 1. The molecule has 3 rings (SSSR count). The number of ketones is 1. The Bertz CT molecular complexity index is 1420. The molecule has 0 saturated carbocycles. The van der Waals surface area contributed by atoms with Crippen molar-refractivity contribution in [3.05, 3.63) is 30.4 Å². The van der Waals surface area contributed by atoms with E-state index in [0.717, 1.165) is 4.57 Å². The van der Waals surface area contributed by atoms with Gasteiger partial charge in [-0.3, -0.25) is 14.4 Å². The van der Waals surface area contributed by atoms with E-state index >= 15 is 0 Å². The summed E-state index contributed by atoms with van der Waals surface area (Å²) < 4.78 is 37.5. The van der Waals surface area contributed by atoms with Gasteiger partial charge >= 0.3 is 18.0 Å². The third-order valence-electron chi connectivity index (χ3n) is 9.57. The Labute approximate surface area is 294 Å². The number of imidazole rings is 1. The van der Waals surface area contributed by atoms with E-state index in [9.17, 15) is 24.3 Å². The number of hydrogen-bond acceptors (Lipinski definition) is 13. The maximum absolute atomic E-state index is 14.1. The molecule has 0 amide bonds. The molecule has 278 valence electrons. The van der Waals surface area contributed by atoms with Gasteiger partial charge in [-0.25, -0.2) is 14.3 Å². The van der Waals surface area contributed by atoms with Gasteiger partial charge in [-0.2, -0.15) is 0 Å². The fraction of sp³-hybridized carbons (Fsp3) is 0.694. The van der Waals surface area contributed by atoms with Crippen molar-refractivity contribution in [3.8, 4) is 12.3 Å². The number of carbonyl (C=O) groups excluding carboxylic acids is 4. The summed E-state index contributed by atoms with van der Waals surface area (Å²) in [5.74, 6) is -1.96. The fourth-order valence-electron chi connectivity index (χ4n) is 6.97. The molecule has 14 nitrogen and oxygen atoms in total. The van der Waals surface area contributed by atoms with E-state index in [1.165, 1.54) is 38.6 Å². The zero-order valence-electron chi connectivity index (χ0n) is 30.5. The molecule has 0 aliphatic carbocycles. The van der Waals surface area contributed by atoms with Gasteiger partial charge in [0.1, 0.15) is 19.0 Å². The normalized spacial score (nSPS) is 38.5. The minimum absolute atomic E-state index is 0.0363. The highest BCUT2D eigenvalue weighted by Gasteiger charge is 2.51. The van der Waals surface area contributed by atoms with Gasteiger partial charge in [0.2, 0.25) is 0 Å². The molecule has 2 aliphatic heterocycles. The second-order valence-corrected chi connectivity index (χ2v) is 13.9. The number of aromatic nitrogens is 2. The van der Waals surface area contributed by atoms with Crippen molar-refractivity contribution in [2.75, 3.05) is 6.61 Å². The minimum atomic E-state index is -1.60. The highest BCUT2D eigenvalue weighted by molar-refractivity contribution is 5.96. The van der Waals surface area contributed by atoms with Crippen LogP contribution in [0.25, 0.3) is 0 Å². The van der Waals surface area contributed by atoms with Crippen molar-refractivity contribution in [2.45, 2.75) is 136 Å². The predicted octanol–water partition coefficient (Wildman–Crippen LogP) is 3.32. The van der Waals surface area contributed by atoms with Crippen molar-refractivity contribution < 1.29 is 52.7 Å². The number of nitrogens with two attached hydrogens (primary N) is 1. The Kier molecular flexibility index (Phi) is 13.9. The summed E-state index contributed by atoms with van der Waals surface area (Å²) >= 11 is 0. The summed E-state index contributed by atoms with van der Waals surface area (Å²) in [5.41, 5.74) is 3.67. The lowest BCUT2D eigenvalue weighted by atomic mass is 9.76. The molecule has 1 fully saturated rings. The van der Waals surface area contributed by atoms with Gasteiger partial charge in [0.25, 0.3) is 0 Å². The van der Waals surface area contributed by atoms with Gasteiger partial charge in [0.15, 0.2) is 23.8 Å². The third-order valence-corrected chi connectivity index (χ3v) is 9.57. The molecule has 0 radical (unpaired) electrons. The van der Waals surface area contributed by atoms with E-state index in [1.807, 2.05) is 0 Å². The Morgan fingerprint density at radius 3 is 2.48 bits per heavy atom. The van der Waals surface area contributed by atoms with Gasteiger partial charge in [-0.15, -0.1) is 6.42 Å². The van der Waals surface area contributed by atoms with Crippen molar-refractivity contribution >= 4 is 23.8 Å². The van der Waals surface area contributed by atoms with Gasteiger partial charge in [-0.1, -0.05) is 26.7 Å². The smallest absolute Gasteiger partial charge is 0.420 e. The molecule has 3 heterocycles. The van der Waals surface area contributed by atoms with E-state index in [4.69, 9.17) is 40.6 Å². The predicted molar refractivity (Wildman–Crippen MR) is 180 cm³/mol. The van der Waals surface area contributed by atoms with Crippen LogP contribution in [-0.2, 0) is 42.8 Å². The summed E-state index contributed by atoms with van der Waals surface area (Å²) in [7, 11) is 0. The first kappa shape index (κ1) is 40.8. The summed E-state index contributed by atoms with van der Waals surface area (Å²) in [5, 5.41) is 11.8. The Hall–Kier alpha value is -3.61. The van der Waals surface area contributed by atoms with Crippen LogP contribution >= 0.6 is 0 Å². The second-order valence-electron chi connectivity index (χ2n) is 13.9. The molecule has 50 heavy (non-hydrogen) atoms. The minimum Gasteiger partial charge on any atom is -0.457 e. The molecule has 1 saturated heterocycles. The lowest BCUT2D eigenvalue weighted by Gasteiger charge is -2.47. The van der Waals surface area contributed by atoms with Crippen molar-refractivity contribution in [2.24, 2.45) is 23.5 Å². The van der Waals surface area contributed by atoms with Crippen LogP contribution in [-0.4, -0.2) is 99.1 Å².